The molecule has 0 saturated carbocycles. The summed E-state index contributed by atoms with van der Waals surface area (Å²) in [5.74, 6) is 1.79. The van der Waals surface area contributed by atoms with Crippen LogP contribution < -0.4 is 5.19 Å². The molecule has 0 amide bonds. The van der Waals surface area contributed by atoms with Crippen molar-refractivity contribution in [2.24, 2.45) is 5.92 Å². The van der Waals surface area contributed by atoms with Gasteiger partial charge in [0.25, 0.3) is 0 Å². The first-order valence-corrected chi connectivity index (χ1v) is 26.2. The van der Waals surface area contributed by atoms with Crippen LogP contribution in [0.15, 0.2) is 132 Å². The number of para-hydroxylation sites is 2. The van der Waals surface area contributed by atoms with Gasteiger partial charge in [0.05, 0.1) is 30.5 Å². The molecule has 0 aliphatic rings. The zero-order valence-electron chi connectivity index (χ0n) is 44.5. The Hall–Kier alpha value is -5.39. The van der Waals surface area contributed by atoms with E-state index in [0.29, 0.717) is 34.6 Å². The van der Waals surface area contributed by atoms with Gasteiger partial charge in [0.2, 0.25) is 0 Å². The summed E-state index contributed by atoms with van der Waals surface area (Å²) in [7, 11) is -1.78. The number of hydrogen-bond acceptors (Lipinski definition) is 3. The summed E-state index contributed by atoms with van der Waals surface area (Å²) in [6, 6.07) is 47.8. The Balaban J connectivity index is 0.000000231. The number of rotatable bonds is 10. The Bertz CT molecular complexity index is 3260. The molecule has 0 bridgehead atoms. The third-order valence-electron chi connectivity index (χ3n) is 11.9. The van der Waals surface area contributed by atoms with Gasteiger partial charge in [-0.1, -0.05) is 153 Å². The van der Waals surface area contributed by atoms with Gasteiger partial charge in [-0.25, -0.2) is 0 Å². The summed E-state index contributed by atoms with van der Waals surface area (Å²) in [6.45, 7) is 21.7. The Morgan fingerprint density at radius 3 is 2.02 bits per heavy atom. The normalized spacial score (nSPS) is 13.4. The van der Waals surface area contributed by atoms with E-state index < -0.39 is 21.3 Å². The molecule has 3 heterocycles. The molecule has 0 atom stereocenters. The first-order chi connectivity index (χ1) is 32.5. The second-order valence-electron chi connectivity index (χ2n) is 19.2. The van der Waals surface area contributed by atoms with E-state index in [1.165, 1.54) is 39.6 Å². The fourth-order valence-corrected chi connectivity index (χ4v) is 9.89. The van der Waals surface area contributed by atoms with Crippen LogP contribution in [0.4, 0.5) is 0 Å². The second kappa shape index (κ2) is 19.6. The van der Waals surface area contributed by atoms with E-state index in [0.717, 1.165) is 49.5 Å². The number of imidazole rings is 1. The minimum Gasteiger partial charge on any atom is -0.500 e. The predicted molar refractivity (Wildman–Crippen MR) is 275 cm³/mol. The van der Waals surface area contributed by atoms with Crippen LogP contribution in [0.25, 0.3) is 72.4 Å². The summed E-state index contributed by atoms with van der Waals surface area (Å²) < 4.78 is 48.3. The quantitative estimate of drug-likeness (QED) is 0.101. The molecule has 4 nitrogen and oxygen atoms in total. The number of benzene rings is 6. The van der Waals surface area contributed by atoms with E-state index in [2.05, 4.69) is 174 Å². The standard InChI is InChI=1S/C40H37N2O.C19H26NSi.Ir/c1-24(2)28-16-18-31-34-20-29(17-19-37(34)43-38(31)23-28)40-41-35-14-10-11-15-36(35)42(40)39-32(25(3)4)21-30(22-33(39)26(5)6)27-12-8-7-9-13-27;1-14(2)11-17-12-18(16-9-7-15(3)8-10-16)20-13-19(17)21(4,5)6;/h7-16,18-26H,1-6H3;7-9,12-14H,11H2,1-6H3;/q2*-1;/i;3D3,11D2;. The van der Waals surface area contributed by atoms with E-state index in [1.807, 2.05) is 26.0 Å². The van der Waals surface area contributed by atoms with Crippen LogP contribution in [0.2, 0.25) is 19.6 Å². The smallest absolute Gasteiger partial charge is 0.121 e. The fraction of sp³-hybridized carbons (Fsp3) is 0.288. The van der Waals surface area contributed by atoms with Gasteiger partial charge in [-0.15, -0.1) is 59.2 Å². The number of aryl methyl sites for hydroxylation is 1. The van der Waals surface area contributed by atoms with Crippen LogP contribution in [0.3, 0.4) is 0 Å². The van der Waals surface area contributed by atoms with Gasteiger partial charge in [-0.3, -0.25) is 4.98 Å². The van der Waals surface area contributed by atoms with Gasteiger partial charge < -0.3 is 14.0 Å². The third-order valence-corrected chi connectivity index (χ3v) is 13.9. The van der Waals surface area contributed by atoms with Gasteiger partial charge in [0, 0.05) is 44.2 Å². The van der Waals surface area contributed by atoms with Crippen molar-refractivity contribution in [3.05, 3.63) is 167 Å². The van der Waals surface area contributed by atoms with E-state index in [1.54, 1.807) is 18.3 Å². The minimum atomic E-state index is -2.16. The number of nitrogens with zero attached hydrogens (tertiary/aromatic N) is 3. The van der Waals surface area contributed by atoms with Crippen LogP contribution >= 0.6 is 0 Å². The number of pyridine rings is 1. The largest absolute Gasteiger partial charge is 0.500 e. The van der Waals surface area contributed by atoms with Gasteiger partial charge >= 0.3 is 0 Å². The molecule has 65 heavy (non-hydrogen) atoms. The molecule has 6 aromatic carbocycles. The predicted octanol–water partition coefficient (Wildman–Crippen LogP) is 16.0. The van der Waals surface area contributed by atoms with Crippen molar-refractivity contribution in [2.45, 2.75) is 106 Å². The SMILES string of the molecule is CC(C)c1ccc2c(c1)oc1c[c-]c(-c3nc4ccccc4n3-c3c(C(C)C)cc(-c4ccccc4)cc3C(C)C)cc12.[2H]C([2H])([2H])c1c[c-]c(-c2cc(C([2H])([2H])C(C)C)c([Si](C)(C)C)cn2)cc1.[Ir]. The molecule has 9 aromatic rings. The maximum atomic E-state index is 8.59. The molecule has 1 radical (unpaired) electrons. The first-order valence-electron chi connectivity index (χ1n) is 25.2. The number of fused-ring (bicyclic) bond motifs is 4. The molecule has 0 unspecified atom stereocenters. The molecule has 0 fully saturated rings. The van der Waals surface area contributed by atoms with Crippen molar-refractivity contribution in [1.82, 2.24) is 14.5 Å². The average Bonchev–Trinajstić information content (AvgIpc) is 3.88. The molecular weight excluding hydrogens is 987 g/mol. The van der Waals surface area contributed by atoms with Crippen molar-refractivity contribution in [3.8, 4) is 39.5 Å². The van der Waals surface area contributed by atoms with E-state index in [-0.39, 0.29) is 31.6 Å². The first kappa shape index (κ1) is 41.1. The van der Waals surface area contributed by atoms with Crippen LogP contribution in [0.5, 0.6) is 0 Å². The summed E-state index contributed by atoms with van der Waals surface area (Å²) in [5, 5.41) is 3.22. The van der Waals surface area contributed by atoms with Crippen LogP contribution in [-0.2, 0) is 26.5 Å². The van der Waals surface area contributed by atoms with Crippen LogP contribution in [0.1, 0.15) is 108 Å². The van der Waals surface area contributed by atoms with Crippen molar-refractivity contribution in [2.75, 3.05) is 0 Å². The van der Waals surface area contributed by atoms with Gasteiger partial charge in [0.1, 0.15) is 5.58 Å². The molecule has 335 valence electrons. The van der Waals surface area contributed by atoms with E-state index in [4.69, 9.17) is 16.3 Å². The molecule has 6 heteroatoms. The van der Waals surface area contributed by atoms with Crippen molar-refractivity contribution in [3.63, 3.8) is 0 Å². The monoisotopic (exact) mass is 1060 g/mol. The maximum absolute atomic E-state index is 8.59. The number of aromatic nitrogens is 3. The molecule has 0 aliphatic carbocycles. The third kappa shape index (κ3) is 10.1. The Labute approximate surface area is 409 Å². The zero-order chi connectivity index (χ0) is 49.7. The molecule has 9 rings (SSSR count). The Kier molecular flexibility index (Phi) is 12.4. The fourth-order valence-electron chi connectivity index (χ4n) is 8.49. The number of hydrogen-bond donors (Lipinski definition) is 0. The molecule has 3 aromatic heterocycles. The minimum absolute atomic E-state index is 0. The van der Waals surface area contributed by atoms with Crippen LogP contribution in [0, 0.1) is 24.9 Å². The van der Waals surface area contributed by atoms with Crippen LogP contribution in [-0.4, -0.2) is 22.6 Å². The molecular formula is C59H63IrN3OSi-2. The molecule has 0 aliphatic heterocycles. The second-order valence-corrected chi connectivity index (χ2v) is 24.3. The van der Waals surface area contributed by atoms with Gasteiger partial charge in [-0.05, 0) is 99.1 Å². The molecule has 0 N–H and O–H groups in total. The summed E-state index contributed by atoms with van der Waals surface area (Å²) >= 11 is 0. The topological polar surface area (TPSA) is 43.9 Å². The average molecular weight is 1060 g/mol. The van der Waals surface area contributed by atoms with Crippen molar-refractivity contribution in [1.29, 1.82) is 0 Å². The maximum Gasteiger partial charge on any atom is 0.121 e. The molecule has 0 spiro atoms. The van der Waals surface area contributed by atoms with Crippen molar-refractivity contribution >= 4 is 46.2 Å². The van der Waals surface area contributed by atoms with Gasteiger partial charge in [0.15, 0.2) is 0 Å². The Morgan fingerprint density at radius 2 is 1.38 bits per heavy atom. The van der Waals surface area contributed by atoms with Crippen molar-refractivity contribution < 1.29 is 31.4 Å². The van der Waals surface area contributed by atoms with E-state index in [9.17, 15) is 0 Å². The summed E-state index contributed by atoms with van der Waals surface area (Å²) in [5.41, 5.74) is 14.6. The number of furan rings is 1. The summed E-state index contributed by atoms with van der Waals surface area (Å²) in [4.78, 5) is 9.79. The Morgan fingerprint density at radius 1 is 0.692 bits per heavy atom. The summed E-state index contributed by atoms with van der Waals surface area (Å²) in [6.07, 6.45) is 0.328. The zero-order valence-corrected chi connectivity index (χ0v) is 42.9. The van der Waals surface area contributed by atoms with Gasteiger partial charge in [-0.2, -0.15) is 0 Å². The van der Waals surface area contributed by atoms with E-state index >= 15 is 0 Å². The molecule has 0 saturated heterocycles.